The monoisotopic (exact) mass is 387 g/mol. The van der Waals surface area contributed by atoms with Gasteiger partial charge in [-0.1, -0.05) is 6.07 Å². The molecule has 8 heteroatoms. The van der Waals surface area contributed by atoms with E-state index < -0.39 is 10.0 Å². The van der Waals surface area contributed by atoms with Gasteiger partial charge in [0, 0.05) is 25.9 Å². The first kappa shape index (κ1) is 17.9. The van der Waals surface area contributed by atoms with E-state index in [0.717, 1.165) is 24.0 Å². The molecule has 0 bridgehead atoms. The predicted molar refractivity (Wildman–Crippen MR) is 99.6 cm³/mol. The molecule has 0 saturated carbocycles. The predicted octanol–water partition coefficient (Wildman–Crippen LogP) is 1.95. The number of ether oxygens (including phenoxy) is 1. The van der Waals surface area contributed by atoms with Crippen molar-refractivity contribution in [3.05, 3.63) is 53.9 Å². The number of anilines is 1. The summed E-state index contributed by atoms with van der Waals surface area (Å²) in [6, 6.07) is 8.41. The number of sulfonamides is 1. The highest BCUT2D eigenvalue weighted by Crippen LogP contribution is 2.25. The maximum atomic E-state index is 12.7. The number of pyridine rings is 1. The molecule has 1 saturated heterocycles. The Labute approximate surface area is 158 Å². The maximum Gasteiger partial charge on any atom is 0.261 e. The van der Waals surface area contributed by atoms with E-state index in [1.54, 1.807) is 35.4 Å². The third-order valence-electron chi connectivity index (χ3n) is 4.93. The fourth-order valence-corrected chi connectivity index (χ4v) is 4.60. The number of hydrogen-bond donors (Lipinski definition) is 1. The Balaban J connectivity index is 1.54. The van der Waals surface area contributed by atoms with Gasteiger partial charge in [0.1, 0.15) is 6.10 Å². The smallest absolute Gasteiger partial charge is 0.261 e. The normalized spacial score (nSPS) is 19.6. The molecule has 4 rings (SSSR count). The third kappa shape index (κ3) is 3.81. The van der Waals surface area contributed by atoms with Crippen LogP contribution in [0.5, 0.6) is 0 Å². The van der Waals surface area contributed by atoms with Gasteiger partial charge in [-0.15, -0.1) is 0 Å². The summed E-state index contributed by atoms with van der Waals surface area (Å²) >= 11 is 0. The van der Waals surface area contributed by atoms with Gasteiger partial charge in [-0.2, -0.15) is 0 Å². The minimum absolute atomic E-state index is 0.0000971. The van der Waals surface area contributed by atoms with Crippen molar-refractivity contribution >= 4 is 21.6 Å². The Hall–Kier alpha value is -2.45. The van der Waals surface area contributed by atoms with Crippen molar-refractivity contribution in [3.8, 4) is 0 Å². The van der Waals surface area contributed by atoms with Gasteiger partial charge in [-0.25, -0.2) is 8.42 Å². The molecule has 142 valence electrons. The standard InChI is InChI=1S/C19H21N3O4S/c23-19(18-4-2-10-26-18)22-9-7-14-5-6-17(11-15(14)13-22)27(24,25)21-16-3-1-8-20-12-16/h1,3,5-6,8,11-12,18,21H,2,4,7,9-10,13H2/t18-/m0/s1. The largest absolute Gasteiger partial charge is 0.368 e. The lowest BCUT2D eigenvalue weighted by molar-refractivity contribution is -0.141. The van der Waals surface area contributed by atoms with Crippen LogP contribution < -0.4 is 4.72 Å². The van der Waals surface area contributed by atoms with Crippen LogP contribution in [-0.4, -0.2) is 43.5 Å². The summed E-state index contributed by atoms with van der Waals surface area (Å²) < 4.78 is 33.4. The summed E-state index contributed by atoms with van der Waals surface area (Å²) in [5.41, 5.74) is 2.35. The summed E-state index contributed by atoms with van der Waals surface area (Å²) in [5.74, 6) is -0.0000971. The Morgan fingerprint density at radius 2 is 2.15 bits per heavy atom. The van der Waals surface area contributed by atoms with Gasteiger partial charge in [0.15, 0.2) is 0 Å². The number of carbonyl (C=O) groups excluding carboxylic acids is 1. The zero-order valence-corrected chi connectivity index (χ0v) is 15.6. The van der Waals surface area contributed by atoms with Crippen LogP contribution in [0.25, 0.3) is 0 Å². The fraction of sp³-hybridized carbons (Fsp3) is 0.368. The molecule has 0 unspecified atom stereocenters. The average Bonchev–Trinajstić information content (AvgIpc) is 3.22. The molecule has 1 atom stereocenters. The second kappa shape index (κ2) is 7.28. The van der Waals surface area contributed by atoms with Gasteiger partial charge >= 0.3 is 0 Å². The van der Waals surface area contributed by atoms with Crippen LogP contribution in [0.1, 0.15) is 24.0 Å². The van der Waals surface area contributed by atoms with Crippen LogP contribution in [0.15, 0.2) is 47.6 Å². The molecule has 0 radical (unpaired) electrons. The van der Waals surface area contributed by atoms with Gasteiger partial charge in [0.2, 0.25) is 0 Å². The van der Waals surface area contributed by atoms with E-state index in [0.29, 0.717) is 31.8 Å². The Kier molecular flexibility index (Phi) is 4.84. The molecule has 1 fully saturated rings. The number of rotatable bonds is 4. The summed E-state index contributed by atoms with van der Waals surface area (Å²) in [5, 5.41) is 0. The van der Waals surface area contributed by atoms with Gasteiger partial charge in [-0.05, 0) is 54.7 Å². The van der Waals surface area contributed by atoms with E-state index >= 15 is 0 Å². The number of hydrogen-bond acceptors (Lipinski definition) is 5. The van der Waals surface area contributed by atoms with Gasteiger partial charge in [0.05, 0.1) is 16.8 Å². The number of nitrogens with one attached hydrogen (secondary N) is 1. The Morgan fingerprint density at radius 3 is 2.89 bits per heavy atom. The van der Waals surface area contributed by atoms with Gasteiger partial charge in [0.25, 0.3) is 15.9 Å². The number of carbonyl (C=O) groups is 1. The molecule has 27 heavy (non-hydrogen) atoms. The second-order valence-electron chi connectivity index (χ2n) is 6.79. The maximum absolute atomic E-state index is 12.7. The molecule has 7 nitrogen and oxygen atoms in total. The highest BCUT2D eigenvalue weighted by Gasteiger charge is 2.30. The zero-order chi connectivity index (χ0) is 18.9. The summed E-state index contributed by atoms with van der Waals surface area (Å²) in [4.78, 5) is 18.5. The quantitative estimate of drug-likeness (QED) is 0.866. The van der Waals surface area contributed by atoms with E-state index in [1.807, 2.05) is 6.07 Å². The molecular weight excluding hydrogens is 366 g/mol. The minimum Gasteiger partial charge on any atom is -0.368 e. The molecule has 2 aliphatic rings. The Bertz CT molecular complexity index is 941. The van der Waals surface area contributed by atoms with E-state index in [4.69, 9.17) is 4.74 Å². The molecule has 1 amide bonds. The number of benzene rings is 1. The molecule has 1 aromatic carbocycles. The van der Waals surface area contributed by atoms with Crippen molar-refractivity contribution in [2.24, 2.45) is 0 Å². The molecule has 1 aromatic heterocycles. The first-order valence-corrected chi connectivity index (χ1v) is 10.5. The molecule has 2 aromatic rings. The van der Waals surface area contributed by atoms with Crippen LogP contribution >= 0.6 is 0 Å². The summed E-state index contributed by atoms with van der Waals surface area (Å²) in [6.45, 7) is 1.67. The second-order valence-corrected chi connectivity index (χ2v) is 8.47. The first-order valence-electron chi connectivity index (χ1n) is 8.98. The van der Waals surface area contributed by atoms with Crippen molar-refractivity contribution in [1.29, 1.82) is 0 Å². The summed E-state index contributed by atoms with van der Waals surface area (Å²) in [6.07, 6.45) is 5.05. The fourth-order valence-electron chi connectivity index (χ4n) is 3.50. The van der Waals surface area contributed by atoms with Crippen molar-refractivity contribution in [3.63, 3.8) is 0 Å². The lowest BCUT2D eigenvalue weighted by atomic mass is 9.99. The number of fused-ring (bicyclic) bond motifs is 1. The highest BCUT2D eigenvalue weighted by atomic mass is 32.2. The van der Waals surface area contributed by atoms with Crippen LogP contribution in [0.3, 0.4) is 0 Å². The van der Waals surface area contributed by atoms with Crippen molar-refractivity contribution in [2.75, 3.05) is 17.9 Å². The van der Waals surface area contributed by atoms with Crippen LogP contribution in [0.2, 0.25) is 0 Å². The number of amides is 1. The lowest BCUT2D eigenvalue weighted by Gasteiger charge is -2.30. The van der Waals surface area contributed by atoms with E-state index in [9.17, 15) is 13.2 Å². The topological polar surface area (TPSA) is 88.6 Å². The lowest BCUT2D eigenvalue weighted by Crippen LogP contribution is -2.42. The number of nitrogens with zero attached hydrogens (tertiary/aromatic N) is 2. The molecule has 0 spiro atoms. The molecule has 3 heterocycles. The van der Waals surface area contributed by atoms with Gasteiger partial charge in [-0.3, -0.25) is 14.5 Å². The zero-order valence-electron chi connectivity index (χ0n) is 14.8. The minimum atomic E-state index is -3.72. The van der Waals surface area contributed by atoms with Crippen molar-refractivity contribution in [1.82, 2.24) is 9.88 Å². The third-order valence-corrected chi connectivity index (χ3v) is 6.31. The van der Waals surface area contributed by atoms with Crippen LogP contribution in [0.4, 0.5) is 5.69 Å². The summed E-state index contributed by atoms with van der Waals surface area (Å²) in [7, 11) is -3.72. The van der Waals surface area contributed by atoms with Crippen molar-refractivity contribution in [2.45, 2.75) is 36.8 Å². The molecule has 2 aliphatic heterocycles. The number of aromatic nitrogens is 1. The molecule has 1 N–H and O–H groups in total. The molecular formula is C19H21N3O4S. The van der Waals surface area contributed by atoms with Crippen LogP contribution in [0, 0.1) is 0 Å². The van der Waals surface area contributed by atoms with Gasteiger partial charge < -0.3 is 9.64 Å². The van der Waals surface area contributed by atoms with E-state index in [1.165, 1.54) is 6.20 Å². The highest BCUT2D eigenvalue weighted by molar-refractivity contribution is 7.92. The van der Waals surface area contributed by atoms with Crippen LogP contribution in [-0.2, 0) is 32.5 Å². The molecule has 0 aliphatic carbocycles. The average molecular weight is 387 g/mol. The van der Waals surface area contributed by atoms with E-state index in [2.05, 4.69) is 9.71 Å². The SMILES string of the molecule is O=C([C@@H]1CCCO1)N1CCc2ccc(S(=O)(=O)Nc3cccnc3)cc2C1. The first-order chi connectivity index (χ1) is 13.0. The Morgan fingerprint density at radius 1 is 1.26 bits per heavy atom. The van der Waals surface area contributed by atoms with Crippen molar-refractivity contribution < 1.29 is 17.9 Å². The van der Waals surface area contributed by atoms with E-state index in [-0.39, 0.29) is 16.9 Å².